The summed E-state index contributed by atoms with van der Waals surface area (Å²) in [6, 6.07) is 15.2. The average molecular weight is 318 g/mol. The van der Waals surface area contributed by atoms with Gasteiger partial charge in [-0.15, -0.1) is 0 Å². The number of benzene rings is 2. The Balaban J connectivity index is 1.79. The molecule has 0 saturated carbocycles. The van der Waals surface area contributed by atoms with Crippen molar-refractivity contribution in [3.05, 3.63) is 53.6 Å². The molecule has 0 aromatic heterocycles. The lowest BCUT2D eigenvalue weighted by Gasteiger charge is -2.13. The van der Waals surface area contributed by atoms with Crippen LogP contribution < -0.4 is 15.5 Å². The summed E-state index contributed by atoms with van der Waals surface area (Å²) in [5.74, 6) is -0.0304. The number of carbonyl (C=O) groups is 1. The molecule has 22 heavy (non-hydrogen) atoms. The summed E-state index contributed by atoms with van der Waals surface area (Å²) in [6.07, 6.45) is 0.376. The monoisotopic (exact) mass is 317 g/mol. The molecule has 1 amide bonds. The Kier molecular flexibility index (Phi) is 5.67. The van der Waals surface area contributed by atoms with E-state index in [1.54, 1.807) is 0 Å². The number of anilines is 3. The molecule has 0 heterocycles. The van der Waals surface area contributed by atoms with Crippen molar-refractivity contribution in [2.75, 3.05) is 36.2 Å². The molecule has 0 fully saturated rings. The summed E-state index contributed by atoms with van der Waals surface area (Å²) in [5, 5.41) is 6.69. The summed E-state index contributed by atoms with van der Waals surface area (Å²) in [4.78, 5) is 13.9. The summed E-state index contributed by atoms with van der Waals surface area (Å²) < 4.78 is 0. The van der Waals surface area contributed by atoms with Gasteiger partial charge in [-0.3, -0.25) is 4.79 Å². The maximum atomic E-state index is 11.9. The second kappa shape index (κ2) is 7.71. The van der Waals surface area contributed by atoms with Crippen LogP contribution in [0.25, 0.3) is 0 Å². The molecule has 4 nitrogen and oxygen atoms in total. The van der Waals surface area contributed by atoms with Crippen molar-refractivity contribution in [1.82, 2.24) is 0 Å². The third-order valence-electron chi connectivity index (χ3n) is 3.21. The van der Waals surface area contributed by atoms with Crippen molar-refractivity contribution in [2.45, 2.75) is 6.42 Å². The highest BCUT2D eigenvalue weighted by atomic mass is 35.5. The van der Waals surface area contributed by atoms with E-state index < -0.39 is 0 Å². The van der Waals surface area contributed by atoms with Crippen LogP contribution >= 0.6 is 11.6 Å². The number of hydrogen-bond acceptors (Lipinski definition) is 3. The highest BCUT2D eigenvalue weighted by molar-refractivity contribution is 6.33. The van der Waals surface area contributed by atoms with Crippen LogP contribution in [0.3, 0.4) is 0 Å². The quantitative estimate of drug-likeness (QED) is 0.850. The second-order valence-corrected chi connectivity index (χ2v) is 5.55. The van der Waals surface area contributed by atoms with Crippen LogP contribution in [0.4, 0.5) is 17.1 Å². The number of nitrogens with zero attached hydrogens (tertiary/aromatic N) is 1. The molecule has 2 aromatic carbocycles. The van der Waals surface area contributed by atoms with Gasteiger partial charge < -0.3 is 15.5 Å². The lowest BCUT2D eigenvalue weighted by atomic mass is 10.2. The average Bonchev–Trinajstić information content (AvgIpc) is 2.50. The van der Waals surface area contributed by atoms with E-state index in [1.165, 1.54) is 0 Å². The first-order valence-electron chi connectivity index (χ1n) is 7.12. The summed E-state index contributed by atoms with van der Waals surface area (Å²) >= 11 is 6.04. The fraction of sp³-hybridized carbons (Fsp3) is 0.235. The van der Waals surface area contributed by atoms with Crippen molar-refractivity contribution < 1.29 is 4.79 Å². The van der Waals surface area contributed by atoms with E-state index in [0.29, 0.717) is 18.0 Å². The fourth-order valence-corrected chi connectivity index (χ4v) is 2.18. The molecule has 0 radical (unpaired) electrons. The minimum atomic E-state index is -0.0304. The van der Waals surface area contributed by atoms with Gasteiger partial charge in [0.2, 0.25) is 5.91 Å². The van der Waals surface area contributed by atoms with E-state index in [2.05, 4.69) is 10.6 Å². The van der Waals surface area contributed by atoms with Crippen LogP contribution in [0, 0.1) is 0 Å². The van der Waals surface area contributed by atoms with Crippen LogP contribution in [-0.2, 0) is 4.79 Å². The van der Waals surface area contributed by atoms with E-state index >= 15 is 0 Å². The third-order valence-corrected chi connectivity index (χ3v) is 3.54. The molecule has 0 aliphatic heterocycles. The van der Waals surface area contributed by atoms with Crippen molar-refractivity contribution in [1.29, 1.82) is 0 Å². The molecule has 5 heteroatoms. The summed E-state index contributed by atoms with van der Waals surface area (Å²) in [5.41, 5.74) is 2.74. The zero-order valence-electron chi connectivity index (χ0n) is 12.8. The lowest BCUT2D eigenvalue weighted by Crippen LogP contribution is -2.16. The van der Waals surface area contributed by atoms with Gasteiger partial charge in [0, 0.05) is 38.4 Å². The molecule has 0 unspecified atom stereocenters. The number of nitrogens with one attached hydrogen (secondary N) is 2. The Hall–Kier alpha value is -2.20. The van der Waals surface area contributed by atoms with Crippen molar-refractivity contribution in [2.24, 2.45) is 0 Å². The Morgan fingerprint density at radius 3 is 2.41 bits per heavy atom. The predicted octanol–water partition coefficient (Wildman–Crippen LogP) is 3.85. The number of rotatable bonds is 6. The standard InChI is InChI=1S/C17H20ClN3O/c1-21(2)14-9-7-13(8-10-14)20-17(22)11-12-19-16-6-4-3-5-15(16)18/h3-10,19H,11-12H2,1-2H3,(H,20,22). The van der Waals surface area contributed by atoms with E-state index in [0.717, 1.165) is 17.1 Å². The van der Waals surface area contributed by atoms with E-state index in [-0.39, 0.29) is 5.91 Å². The minimum absolute atomic E-state index is 0.0304. The second-order valence-electron chi connectivity index (χ2n) is 5.15. The Morgan fingerprint density at radius 1 is 1.09 bits per heavy atom. The molecule has 116 valence electrons. The molecule has 2 rings (SSSR count). The number of halogens is 1. The molecule has 0 atom stereocenters. The van der Waals surface area contributed by atoms with Gasteiger partial charge in [0.15, 0.2) is 0 Å². The van der Waals surface area contributed by atoms with Crippen molar-refractivity contribution in [3.63, 3.8) is 0 Å². The molecular formula is C17H20ClN3O. The highest BCUT2D eigenvalue weighted by Gasteiger charge is 2.04. The van der Waals surface area contributed by atoms with Gasteiger partial charge in [0.25, 0.3) is 0 Å². The Bertz CT molecular complexity index is 626. The zero-order valence-corrected chi connectivity index (χ0v) is 13.5. The van der Waals surface area contributed by atoms with Gasteiger partial charge in [0.1, 0.15) is 0 Å². The van der Waals surface area contributed by atoms with E-state index in [9.17, 15) is 4.79 Å². The first-order chi connectivity index (χ1) is 10.6. The number of hydrogen-bond donors (Lipinski definition) is 2. The number of carbonyl (C=O) groups excluding carboxylic acids is 1. The molecule has 0 aliphatic carbocycles. The van der Waals surface area contributed by atoms with Gasteiger partial charge in [-0.25, -0.2) is 0 Å². The molecule has 2 aromatic rings. The molecule has 0 spiro atoms. The minimum Gasteiger partial charge on any atom is -0.383 e. The van der Waals surface area contributed by atoms with Gasteiger partial charge in [-0.1, -0.05) is 23.7 Å². The van der Waals surface area contributed by atoms with E-state index in [4.69, 9.17) is 11.6 Å². The van der Waals surface area contributed by atoms with Crippen LogP contribution in [-0.4, -0.2) is 26.5 Å². The van der Waals surface area contributed by atoms with Crippen molar-refractivity contribution >= 4 is 34.6 Å². The fourth-order valence-electron chi connectivity index (χ4n) is 1.98. The first-order valence-corrected chi connectivity index (χ1v) is 7.49. The van der Waals surface area contributed by atoms with Gasteiger partial charge in [0.05, 0.1) is 10.7 Å². The smallest absolute Gasteiger partial charge is 0.226 e. The Labute approximate surface area is 136 Å². The maximum absolute atomic E-state index is 11.9. The largest absolute Gasteiger partial charge is 0.383 e. The third kappa shape index (κ3) is 4.67. The predicted molar refractivity (Wildman–Crippen MR) is 94.0 cm³/mol. The number of para-hydroxylation sites is 1. The van der Waals surface area contributed by atoms with Crippen molar-refractivity contribution in [3.8, 4) is 0 Å². The summed E-state index contributed by atoms with van der Waals surface area (Å²) in [7, 11) is 3.96. The first kappa shape index (κ1) is 16.2. The van der Waals surface area contributed by atoms with Gasteiger partial charge in [-0.05, 0) is 36.4 Å². The Morgan fingerprint density at radius 2 is 1.77 bits per heavy atom. The van der Waals surface area contributed by atoms with Gasteiger partial charge in [-0.2, -0.15) is 0 Å². The zero-order chi connectivity index (χ0) is 15.9. The normalized spacial score (nSPS) is 10.1. The molecule has 0 bridgehead atoms. The molecule has 0 aliphatic rings. The van der Waals surface area contributed by atoms with Crippen LogP contribution in [0.15, 0.2) is 48.5 Å². The molecule has 2 N–H and O–H groups in total. The maximum Gasteiger partial charge on any atom is 0.226 e. The molecular weight excluding hydrogens is 298 g/mol. The van der Waals surface area contributed by atoms with Crippen LogP contribution in [0.5, 0.6) is 0 Å². The van der Waals surface area contributed by atoms with E-state index in [1.807, 2.05) is 67.5 Å². The SMILES string of the molecule is CN(C)c1ccc(NC(=O)CCNc2ccccc2Cl)cc1. The highest BCUT2D eigenvalue weighted by Crippen LogP contribution is 2.20. The number of amides is 1. The summed E-state index contributed by atoms with van der Waals surface area (Å²) in [6.45, 7) is 0.533. The van der Waals surface area contributed by atoms with Gasteiger partial charge >= 0.3 is 0 Å². The molecule has 0 saturated heterocycles. The lowest BCUT2D eigenvalue weighted by molar-refractivity contribution is -0.115. The van der Waals surface area contributed by atoms with Crippen LogP contribution in [0.2, 0.25) is 5.02 Å². The van der Waals surface area contributed by atoms with Crippen LogP contribution in [0.1, 0.15) is 6.42 Å². The topological polar surface area (TPSA) is 44.4 Å².